The molecule has 0 heterocycles. The largest absolute Gasteiger partial charge is 0.459 e. The van der Waals surface area contributed by atoms with E-state index < -0.39 is 51.9 Å². The second-order valence-electron chi connectivity index (χ2n) is 8.87. The minimum atomic E-state index is -4.85. The van der Waals surface area contributed by atoms with Gasteiger partial charge in [0.1, 0.15) is 18.6 Å². The Morgan fingerprint density at radius 2 is 1.40 bits per heavy atom. The van der Waals surface area contributed by atoms with Gasteiger partial charge in [0, 0.05) is 0 Å². The molecule has 0 radical (unpaired) electrons. The van der Waals surface area contributed by atoms with Crippen molar-refractivity contribution in [2.24, 2.45) is 5.16 Å². The number of carbonyl (C=O) groups is 2. The van der Waals surface area contributed by atoms with E-state index in [0.29, 0.717) is 6.21 Å². The summed E-state index contributed by atoms with van der Waals surface area (Å²) in [7, 11) is -3.71. The number of rotatable bonds is 12. The highest BCUT2D eigenvalue weighted by atomic mass is 35.5. The van der Waals surface area contributed by atoms with Crippen molar-refractivity contribution >= 4 is 63.1 Å². The van der Waals surface area contributed by atoms with Crippen molar-refractivity contribution in [1.82, 2.24) is 0 Å². The highest BCUT2D eigenvalue weighted by Crippen LogP contribution is 2.33. The normalized spacial score (nSPS) is 13.8. The quantitative estimate of drug-likeness (QED) is 0.0721. The number of carbonyl (C=O) groups excluding carboxylic acids is 2. The molecular weight excluding hydrogens is 636 g/mol. The highest BCUT2D eigenvalue weighted by molar-refractivity contribution is 7.87. The first kappa shape index (κ1) is 33.3. The topological polar surface area (TPSA) is 118 Å². The van der Waals surface area contributed by atoms with Gasteiger partial charge in [0.15, 0.2) is 18.4 Å². The first-order chi connectivity index (χ1) is 19.8. The van der Waals surface area contributed by atoms with Gasteiger partial charge in [0.05, 0.1) is 32.4 Å². The minimum Gasteiger partial charge on any atom is -0.459 e. The molecule has 0 spiro atoms. The van der Waals surface area contributed by atoms with Gasteiger partial charge < -0.3 is 14.3 Å². The molecule has 14 heteroatoms. The molecule has 0 amide bonds. The van der Waals surface area contributed by atoms with Crippen LogP contribution < -0.4 is 0 Å². The van der Waals surface area contributed by atoms with E-state index in [1.54, 1.807) is 31.2 Å². The van der Waals surface area contributed by atoms with Gasteiger partial charge in [-0.3, -0.25) is 4.18 Å². The minimum absolute atomic E-state index is 0.0336. The van der Waals surface area contributed by atoms with Crippen molar-refractivity contribution in [2.75, 3.05) is 13.7 Å². The molecule has 3 atom stereocenters. The molecule has 224 valence electrons. The molecule has 3 aromatic carbocycles. The molecule has 0 fully saturated rings. The molecule has 0 aliphatic rings. The Bertz CT molecular complexity index is 1550. The molecule has 0 N–H and O–H groups in total. The molecule has 9 nitrogen and oxygen atoms in total. The Balaban J connectivity index is 2.02. The number of hydrogen-bond donors (Lipinski definition) is 0. The molecule has 0 unspecified atom stereocenters. The van der Waals surface area contributed by atoms with Gasteiger partial charge in [0.25, 0.3) is 10.1 Å². The third-order valence-corrected chi connectivity index (χ3v) is 8.20. The van der Waals surface area contributed by atoms with Gasteiger partial charge in [-0.15, -0.1) is 0 Å². The van der Waals surface area contributed by atoms with Gasteiger partial charge >= 0.3 is 11.9 Å². The third kappa shape index (κ3) is 8.89. The van der Waals surface area contributed by atoms with Crippen LogP contribution in [-0.2, 0) is 28.6 Å². The number of ether oxygens (including phenoxy) is 2. The molecule has 0 aliphatic heterocycles. The van der Waals surface area contributed by atoms with Crippen LogP contribution in [0.3, 0.4) is 0 Å². The Hall–Kier alpha value is -3.22. The maximum atomic E-state index is 15.5. The molecule has 0 aliphatic carbocycles. The van der Waals surface area contributed by atoms with E-state index in [1.807, 2.05) is 6.92 Å². The van der Waals surface area contributed by atoms with Gasteiger partial charge in [-0.1, -0.05) is 75.4 Å². The summed E-state index contributed by atoms with van der Waals surface area (Å²) in [6.45, 7) is 2.73. The summed E-state index contributed by atoms with van der Waals surface area (Å²) < 4.78 is 58.2. The van der Waals surface area contributed by atoms with Crippen molar-refractivity contribution in [1.29, 1.82) is 0 Å². The van der Waals surface area contributed by atoms with E-state index in [2.05, 4.69) is 9.99 Å². The third-order valence-electron chi connectivity index (χ3n) is 5.68. The fraction of sp³-hybridized carbons (Fsp3) is 0.250. The van der Waals surface area contributed by atoms with E-state index in [1.165, 1.54) is 24.3 Å². The fourth-order valence-electron chi connectivity index (χ4n) is 3.45. The van der Waals surface area contributed by atoms with E-state index in [4.69, 9.17) is 48.5 Å². The summed E-state index contributed by atoms with van der Waals surface area (Å²) in [5, 5.41) is 2.80. The number of nitrogens with zero attached hydrogens (tertiary/aromatic N) is 1. The van der Waals surface area contributed by atoms with Crippen LogP contribution in [0, 0.1) is 13.8 Å². The molecule has 0 bridgehead atoms. The molecule has 0 aromatic heterocycles. The van der Waals surface area contributed by atoms with E-state index in [-0.39, 0.29) is 26.2 Å². The number of aryl methyl sites for hydroxylation is 2. The second kappa shape index (κ2) is 14.8. The summed E-state index contributed by atoms with van der Waals surface area (Å²) in [6.07, 6.45) is -5.62. The van der Waals surface area contributed by atoms with Crippen LogP contribution in [0.5, 0.6) is 0 Å². The number of halogens is 4. The van der Waals surface area contributed by atoms with Gasteiger partial charge in [-0.05, 0) is 50.2 Å². The summed E-state index contributed by atoms with van der Waals surface area (Å²) in [4.78, 5) is 29.6. The van der Waals surface area contributed by atoms with Gasteiger partial charge in [-0.2, -0.15) is 8.42 Å². The maximum absolute atomic E-state index is 15.5. The van der Waals surface area contributed by atoms with Crippen LogP contribution in [0.15, 0.2) is 70.7 Å². The van der Waals surface area contributed by atoms with Crippen LogP contribution in [0.1, 0.15) is 31.8 Å². The Labute approximate surface area is 257 Å². The highest BCUT2D eigenvalue weighted by Gasteiger charge is 2.39. The first-order valence-electron chi connectivity index (χ1n) is 12.1. The smallest absolute Gasteiger partial charge is 0.338 e. The lowest BCUT2D eigenvalue weighted by Crippen LogP contribution is -2.45. The van der Waals surface area contributed by atoms with Crippen molar-refractivity contribution < 1.29 is 40.9 Å². The zero-order valence-electron chi connectivity index (χ0n) is 22.4. The van der Waals surface area contributed by atoms with Gasteiger partial charge in [0.2, 0.25) is 0 Å². The van der Waals surface area contributed by atoms with Crippen LogP contribution >= 0.6 is 34.8 Å². The first-order valence-corrected chi connectivity index (χ1v) is 14.7. The Kier molecular flexibility index (Phi) is 11.7. The van der Waals surface area contributed by atoms with E-state index in [9.17, 15) is 18.0 Å². The molecule has 42 heavy (non-hydrogen) atoms. The average molecular weight is 661 g/mol. The standard InChI is InChI=1S/C28H25Cl3FNO8S/c1-16-4-8-18(9-5-16)27(34)39-15-24(41-42(36,37)25-13-21(30)20(29)12-22(25)31)26(23(32)14-33-38-3)40-28(35)19-10-6-17(2)7-11-19/h4-14,23-24,26H,15H2,1-3H3/t23-,24-,26+/m1/s1. The average Bonchev–Trinajstić information content (AvgIpc) is 2.95. The molecular formula is C28H25Cl3FNO8S. The number of esters is 2. The summed E-state index contributed by atoms with van der Waals surface area (Å²) in [5.41, 5.74) is 1.87. The van der Waals surface area contributed by atoms with Gasteiger partial charge in [-0.25, -0.2) is 14.0 Å². The van der Waals surface area contributed by atoms with Crippen LogP contribution in [0.2, 0.25) is 15.1 Å². The van der Waals surface area contributed by atoms with Crippen LogP contribution in [-0.4, -0.2) is 58.7 Å². The number of benzene rings is 3. The van der Waals surface area contributed by atoms with Crippen molar-refractivity contribution in [3.8, 4) is 0 Å². The van der Waals surface area contributed by atoms with Crippen molar-refractivity contribution in [3.05, 3.63) is 98.0 Å². The maximum Gasteiger partial charge on any atom is 0.338 e. The predicted molar refractivity (Wildman–Crippen MR) is 156 cm³/mol. The number of hydrogen-bond acceptors (Lipinski definition) is 9. The van der Waals surface area contributed by atoms with E-state index >= 15 is 4.39 Å². The monoisotopic (exact) mass is 659 g/mol. The lowest BCUT2D eigenvalue weighted by Gasteiger charge is -2.27. The summed E-state index contributed by atoms with van der Waals surface area (Å²) in [5.74, 6) is -1.89. The SMILES string of the molecule is CON=C[C@@H](F)[C@H](OC(=O)c1ccc(C)cc1)[C@@H](COC(=O)c1ccc(C)cc1)OS(=O)(=O)c1cc(Cl)c(Cl)cc1Cl. The molecule has 3 rings (SSSR count). The number of oxime groups is 1. The van der Waals surface area contributed by atoms with E-state index in [0.717, 1.165) is 30.4 Å². The van der Waals surface area contributed by atoms with Crippen molar-refractivity contribution in [2.45, 2.75) is 37.1 Å². The fourth-order valence-corrected chi connectivity index (χ4v) is 5.50. The Morgan fingerprint density at radius 1 is 0.881 bits per heavy atom. The lowest BCUT2D eigenvalue weighted by molar-refractivity contribution is -0.0478. The van der Waals surface area contributed by atoms with Crippen LogP contribution in [0.25, 0.3) is 0 Å². The predicted octanol–water partition coefficient (Wildman–Crippen LogP) is 6.39. The van der Waals surface area contributed by atoms with Crippen LogP contribution in [0.4, 0.5) is 4.39 Å². The zero-order chi connectivity index (χ0) is 31.0. The summed E-state index contributed by atoms with van der Waals surface area (Å²) in [6, 6.07) is 14.4. The second-order valence-corrected chi connectivity index (χ2v) is 11.6. The lowest BCUT2D eigenvalue weighted by atomic mass is 10.1. The summed E-state index contributed by atoms with van der Waals surface area (Å²) >= 11 is 18.0. The van der Waals surface area contributed by atoms with Crippen molar-refractivity contribution in [3.63, 3.8) is 0 Å². The molecule has 3 aromatic rings. The number of alkyl halides is 1. The Morgan fingerprint density at radius 3 is 1.95 bits per heavy atom. The molecule has 0 saturated carbocycles. The zero-order valence-corrected chi connectivity index (χ0v) is 25.5. The molecule has 0 saturated heterocycles.